The van der Waals surface area contributed by atoms with Crippen LogP contribution in [0.3, 0.4) is 0 Å². The standard InChI is InChI=1S/C61H34N4OS/c1-2-13-37-27-42(22-21-35(37)11-1)59-62-60(43-24-26-56-49(30-43)46-19-9-10-20-55(46)67-56)64-61(63-59)51-34-44(33-50-57-45-18-8-7-12-36(45)23-25-54(57)66-58(50)51)65-52-31-40-16-5-3-14-38(40)28-47(52)48-29-39-15-4-6-17-41(39)32-53(48)65/h1-34H. The number of hydrogen-bond acceptors (Lipinski definition) is 5. The Labute approximate surface area is 386 Å². The number of nitrogens with zero attached hydrogens (tertiary/aromatic N) is 4. The molecule has 15 aromatic rings. The van der Waals surface area contributed by atoms with Crippen LogP contribution in [0.5, 0.6) is 0 Å². The normalized spacial score (nSPS) is 12.2. The Kier molecular flexibility index (Phi) is 7.59. The lowest BCUT2D eigenvalue weighted by Gasteiger charge is -2.13. The van der Waals surface area contributed by atoms with Crippen LogP contribution >= 0.6 is 11.3 Å². The van der Waals surface area contributed by atoms with Crippen molar-refractivity contribution in [3.8, 4) is 39.9 Å². The Hall–Kier alpha value is -8.71. The van der Waals surface area contributed by atoms with Gasteiger partial charge in [0, 0.05) is 58.5 Å². The molecule has 15 rings (SSSR count). The zero-order chi connectivity index (χ0) is 43.7. The van der Waals surface area contributed by atoms with E-state index in [0.717, 1.165) is 76.9 Å². The highest BCUT2D eigenvalue weighted by Crippen LogP contribution is 2.44. The first kappa shape index (κ1) is 36.6. The van der Waals surface area contributed by atoms with Crippen LogP contribution in [0.1, 0.15) is 0 Å². The maximum atomic E-state index is 7.04. The predicted octanol–water partition coefficient (Wildman–Crippen LogP) is 16.8. The largest absolute Gasteiger partial charge is 0.455 e. The van der Waals surface area contributed by atoms with Crippen molar-refractivity contribution in [2.24, 2.45) is 0 Å². The van der Waals surface area contributed by atoms with Gasteiger partial charge in [-0.15, -0.1) is 11.3 Å². The quantitative estimate of drug-likeness (QED) is 0.177. The summed E-state index contributed by atoms with van der Waals surface area (Å²) in [6.45, 7) is 0. The van der Waals surface area contributed by atoms with Crippen molar-refractivity contribution >= 4 is 118 Å². The van der Waals surface area contributed by atoms with Gasteiger partial charge in [0.05, 0.1) is 16.6 Å². The minimum absolute atomic E-state index is 0.537. The molecule has 0 bridgehead atoms. The number of hydrogen-bond donors (Lipinski definition) is 0. The van der Waals surface area contributed by atoms with Crippen molar-refractivity contribution < 1.29 is 4.42 Å². The molecule has 5 nitrogen and oxygen atoms in total. The van der Waals surface area contributed by atoms with E-state index in [1.165, 1.54) is 52.5 Å². The first-order valence-electron chi connectivity index (χ1n) is 22.6. The molecule has 0 amide bonds. The van der Waals surface area contributed by atoms with E-state index >= 15 is 0 Å². The number of aromatic nitrogens is 4. The molecule has 0 atom stereocenters. The lowest BCUT2D eigenvalue weighted by Crippen LogP contribution is -2.02. The van der Waals surface area contributed by atoms with Crippen LogP contribution in [0, 0.1) is 0 Å². The Bertz CT molecular complexity index is 4500. The Balaban J connectivity index is 1.07. The van der Waals surface area contributed by atoms with E-state index in [1.807, 2.05) is 0 Å². The van der Waals surface area contributed by atoms with Gasteiger partial charge in [0.1, 0.15) is 11.2 Å². The minimum atomic E-state index is 0.537. The minimum Gasteiger partial charge on any atom is -0.455 e. The lowest BCUT2D eigenvalue weighted by atomic mass is 10.0. The molecule has 0 spiro atoms. The fourth-order valence-electron chi connectivity index (χ4n) is 10.5. The monoisotopic (exact) mass is 870 g/mol. The van der Waals surface area contributed by atoms with Crippen LogP contribution in [-0.4, -0.2) is 19.5 Å². The molecule has 0 unspecified atom stereocenters. The SMILES string of the molecule is c1ccc2cc(-c3nc(-c4ccc5sc6ccccc6c5c4)nc(-c4cc(-n5c6cc7ccccc7cc6c6cc7ccccc7cc65)cc5c4oc4ccc6ccccc6c45)n3)ccc2c1. The van der Waals surface area contributed by atoms with Gasteiger partial charge in [0.2, 0.25) is 0 Å². The second-order valence-electron chi connectivity index (χ2n) is 17.6. The molecule has 4 aromatic heterocycles. The first-order valence-corrected chi connectivity index (χ1v) is 23.4. The van der Waals surface area contributed by atoms with Gasteiger partial charge in [-0.3, -0.25) is 0 Å². The van der Waals surface area contributed by atoms with Gasteiger partial charge in [0.15, 0.2) is 17.5 Å². The van der Waals surface area contributed by atoms with Gasteiger partial charge in [-0.1, -0.05) is 133 Å². The van der Waals surface area contributed by atoms with Crippen LogP contribution in [0.4, 0.5) is 0 Å². The van der Waals surface area contributed by atoms with E-state index in [1.54, 1.807) is 11.3 Å². The Morgan fingerprint density at radius 1 is 0.358 bits per heavy atom. The maximum Gasteiger partial charge on any atom is 0.167 e. The molecule has 11 aromatic carbocycles. The summed E-state index contributed by atoms with van der Waals surface area (Å²) >= 11 is 1.81. The maximum absolute atomic E-state index is 7.04. The van der Waals surface area contributed by atoms with Crippen molar-refractivity contribution in [3.05, 3.63) is 206 Å². The topological polar surface area (TPSA) is 56.7 Å². The summed E-state index contributed by atoms with van der Waals surface area (Å²) in [6, 6.07) is 74.1. The molecule has 0 saturated carbocycles. The molecule has 310 valence electrons. The molecular formula is C61H34N4OS. The van der Waals surface area contributed by atoms with Crippen LogP contribution in [0.15, 0.2) is 211 Å². The van der Waals surface area contributed by atoms with Crippen molar-refractivity contribution in [1.82, 2.24) is 19.5 Å². The summed E-state index contributed by atoms with van der Waals surface area (Å²) in [7, 11) is 0. The van der Waals surface area contributed by atoms with E-state index < -0.39 is 0 Å². The van der Waals surface area contributed by atoms with E-state index in [2.05, 4.69) is 211 Å². The molecule has 0 radical (unpaired) electrons. The van der Waals surface area contributed by atoms with Crippen molar-refractivity contribution in [1.29, 1.82) is 0 Å². The number of furan rings is 1. The molecule has 0 aliphatic heterocycles. The van der Waals surface area contributed by atoms with E-state index in [0.29, 0.717) is 17.5 Å². The summed E-state index contributed by atoms with van der Waals surface area (Å²) < 4.78 is 12.0. The van der Waals surface area contributed by atoms with Gasteiger partial charge in [-0.05, 0) is 116 Å². The summed E-state index contributed by atoms with van der Waals surface area (Å²) in [4.78, 5) is 16.2. The number of benzene rings is 11. The first-order chi connectivity index (χ1) is 33.1. The average Bonchev–Trinajstić information content (AvgIpc) is 4.05. The second kappa shape index (κ2) is 13.9. The fourth-order valence-corrected chi connectivity index (χ4v) is 11.6. The zero-order valence-electron chi connectivity index (χ0n) is 35.7. The van der Waals surface area contributed by atoms with Crippen LogP contribution in [0.25, 0.3) is 147 Å². The molecule has 4 heterocycles. The van der Waals surface area contributed by atoms with Crippen molar-refractivity contribution in [2.45, 2.75) is 0 Å². The fraction of sp³-hybridized carbons (Fsp3) is 0. The second-order valence-corrected chi connectivity index (χ2v) is 18.7. The molecule has 67 heavy (non-hydrogen) atoms. The predicted molar refractivity (Wildman–Crippen MR) is 281 cm³/mol. The molecule has 0 saturated heterocycles. The molecule has 0 fully saturated rings. The Morgan fingerprint density at radius 3 is 1.61 bits per heavy atom. The van der Waals surface area contributed by atoms with Crippen LogP contribution in [-0.2, 0) is 0 Å². The Morgan fingerprint density at radius 2 is 0.896 bits per heavy atom. The summed E-state index contributed by atoms with van der Waals surface area (Å²) in [5.41, 5.74) is 7.40. The smallest absolute Gasteiger partial charge is 0.167 e. The van der Waals surface area contributed by atoms with Crippen LogP contribution in [0.2, 0.25) is 0 Å². The van der Waals surface area contributed by atoms with Crippen LogP contribution < -0.4 is 0 Å². The van der Waals surface area contributed by atoms with E-state index in [-0.39, 0.29) is 0 Å². The molecule has 0 N–H and O–H groups in total. The number of rotatable bonds is 4. The average molecular weight is 871 g/mol. The highest BCUT2D eigenvalue weighted by Gasteiger charge is 2.23. The molecule has 0 aliphatic carbocycles. The van der Waals surface area contributed by atoms with Gasteiger partial charge in [-0.25, -0.2) is 15.0 Å². The highest BCUT2D eigenvalue weighted by atomic mass is 32.1. The van der Waals surface area contributed by atoms with Gasteiger partial charge < -0.3 is 8.98 Å². The summed E-state index contributed by atoms with van der Waals surface area (Å²) in [6.07, 6.45) is 0. The highest BCUT2D eigenvalue weighted by molar-refractivity contribution is 7.25. The van der Waals surface area contributed by atoms with Gasteiger partial charge in [0.25, 0.3) is 0 Å². The number of fused-ring (bicyclic) bond motifs is 14. The molecule has 6 heteroatoms. The summed E-state index contributed by atoms with van der Waals surface area (Å²) in [5, 5.41) is 16.2. The third kappa shape index (κ3) is 5.57. The molecule has 0 aliphatic rings. The lowest BCUT2D eigenvalue weighted by molar-refractivity contribution is 0.669. The van der Waals surface area contributed by atoms with Crippen molar-refractivity contribution in [2.75, 3.05) is 0 Å². The number of thiophene rings is 1. The zero-order valence-corrected chi connectivity index (χ0v) is 36.6. The molecular weight excluding hydrogens is 837 g/mol. The van der Waals surface area contributed by atoms with E-state index in [9.17, 15) is 0 Å². The summed E-state index contributed by atoms with van der Waals surface area (Å²) in [5.74, 6) is 1.73. The third-order valence-electron chi connectivity index (χ3n) is 13.7. The van der Waals surface area contributed by atoms with Crippen molar-refractivity contribution in [3.63, 3.8) is 0 Å². The van der Waals surface area contributed by atoms with Gasteiger partial charge in [-0.2, -0.15) is 0 Å². The van der Waals surface area contributed by atoms with E-state index in [4.69, 9.17) is 19.4 Å². The van der Waals surface area contributed by atoms with Gasteiger partial charge >= 0.3 is 0 Å². The third-order valence-corrected chi connectivity index (χ3v) is 14.9.